The van der Waals surface area contributed by atoms with Crippen LogP contribution in [0.1, 0.15) is 20.9 Å². The van der Waals surface area contributed by atoms with Gasteiger partial charge in [0.15, 0.2) is 5.13 Å². The number of amides is 1. The van der Waals surface area contributed by atoms with E-state index in [9.17, 15) is 4.79 Å². The maximum absolute atomic E-state index is 11.7. The molecule has 1 amide bonds. The first kappa shape index (κ1) is 14.0. The average Bonchev–Trinajstić information content (AvgIpc) is 2.83. The highest BCUT2D eigenvalue weighted by Crippen LogP contribution is 2.28. The summed E-state index contributed by atoms with van der Waals surface area (Å²) in [6.45, 7) is 1.27. The summed E-state index contributed by atoms with van der Waals surface area (Å²) in [5, 5.41) is 6.85. The number of aromatic nitrogens is 2. The van der Waals surface area contributed by atoms with Crippen LogP contribution >= 0.6 is 43.2 Å². The minimum absolute atomic E-state index is 0.0249. The summed E-state index contributed by atoms with van der Waals surface area (Å²) in [4.78, 5) is 21.0. The van der Waals surface area contributed by atoms with Gasteiger partial charge in [0.25, 0.3) is 5.91 Å². The second-order valence-electron chi connectivity index (χ2n) is 4.24. The van der Waals surface area contributed by atoms with E-state index in [-0.39, 0.29) is 5.91 Å². The van der Waals surface area contributed by atoms with Crippen LogP contribution in [0.5, 0.6) is 0 Å². The van der Waals surface area contributed by atoms with Crippen LogP contribution in [0, 0.1) is 0 Å². The lowest BCUT2D eigenvalue weighted by Crippen LogP contribution is -2.30. The minimum atomic E-state index is -0.0249. The van der Waals surface area contributed by atoms with Gasteiger partial charge < -0.3 is 10.6 Å². The number of rotatable bonds is 3. The van der Waals surface area contributed by atoms with Gasteiger partial charge in [-0.15, -0.1) is 0 Å². The zero-order valence-electron chi connectivity index (χ0n) is 10.2. The van der Waals surface area contributed by atoms with E-state index in [0.29, 0.717) is 18.0 Å². The van der Waals surface area contributed by atoms with Crippen molar-refractivity contribution in [3.05, 3.63) is 37.5 Å². The number of nitrogens with zero attached hydrogens (tertiary/aromatic N) is 2. The molecular weight excluding hydrogens is 408 g/mol. The molecule has 1 aliphatic heterocycles. The van der Waals surface area contributed by atoms with Crippen molar-refractivity contribution in [3.8, 4) is 0 Å². The summed E-state index contributed by atoms with van der Waals surface area (Å²) in [6, 6.07) is 0. The fraction of sp³-hybridized carbons (Fsp3) is 0.250. The van der Waals surface area contributed by atoms with E-state index in [1.54, 1.807) is 12.4 Å². The Balaban J connectivity index is 1.78. The summed E-state index contributed by atoms with van der Waals surface area (Å²) >= 11 is 8.34. The molecule has 0 atom stereocenters. The molecule has 2 N–H and O–H groups in total. The van der Waals surface area contributed by atoms with Crippen molar-refractivity contribution < 1.29 is 4.79 Å². The predicted molar refractivity (Wildman–Crippen MR) is 85.1 cm³/mol. The number of carbonyl (C=O) groups is 1. The van der Waals surface area contributed by atoms with Gasteiger partial charge in [-0.1, -0.05) is 11.3 Å². The molecule has 0 fully saturated rings. The van der Waals surface area contributed by atoms with Crippen LogP contribution in [0.25, 0.3) is 0 Å². The molecule has 2 aromatic heterocycles. The van der Waals surface area contributed by atoms with E-state index in [0.717, 1.165) is 31.8 Å². The number of fused-ring (bicyclic) bond motifs is 1. The van der Waals surface area contributed by atoms with Gasteiger partial charge in [-0.05, 0) is 31.9 Å². The lowest BCUT2D eigenvalue weighted by Gasteiger charge is -2.09. The molecule has 5 nitrogen and oxygen atoms in total. The highest BCUT2D eigenvalue weighted by Gasteiger charge is 2.21. The lowest BCUT2D eigenvalue weighted by molar-refractivity contribution is 0.0950. The first-order chi connectivity index (χ1) is 9.65. The fourth-order valence-corrected chi connectivity index (χ4v) is 4.05. The van der Waals surface area contributed by atoms with Gasteiger partial charge in [-0.25, -0.2) is 4.98 Å². The number of pyridine rings is 1. The van der Waals surface area contributed by atoms with E-state index < -0.39 is 0 Å². The van der Waals surface area contributed by atoms with Crippen molar-refractivity contribution in [2.75, 3.05) is 11.9 Å². The van der Waals surface area contributed by atoms with Crippen molar-refractivity contribution >= 4 is 54.2 Å². The van der Waals surface area contributed by atoms with Crippen molar-refractivity contribution in [1.29, 1.82) is 0 Å². The Hall–Kier alpha value is -0.990. The molecule has 0 aromatic carbocycles. The quantitative estimate of drug-likeness (QED) is 0.805. The fourth-order valence-electron chi connectivity index (χ4n) is 1.92. The molecule has 104 valence electrons. The monoisotopic (exact) mass is 416 g/mol. The summed E-state index contributed by atoms with van der Waals surface area (Å²) in [5.41, 5.74) is 1.95. The third kappa shape index (κ3) is 2.72. The van der Waals surface area contributed by atoms with Gasteiger partial charge in [-0.2, -0.15) is 0 Å². The number of hydrogen-bond acceptors (Lipinski definition) is 5. The topological polar surface area (TPSA) is 66.9 Å². The Morgan fingerprint density at radius 2 is 2.10 bits per heavy atom. The maximum Gasteiger partial charge on any atom is 0.263 e. The zero-order valence-corrected chi connectivity index (χ0v) is 14.2. The molecule has 8 heteroatoms. The Labute approximate surface area is 136 Å². The first-order valence-electron chi connectivity index (χ1n) is 5.95. The smallest absolute Gasteiger partial charge is 0.263 e. The average molecular weight is 418 g/mol. The standard InChI is InChI=1S/C12H10Br2N4OS/c13-7-4-15-5-8(14)6(7)3-17-12-18-9-1-2-16-11(19)10(9)20-12/h4-5H,1-3H2,(H,16,19)(H,17,18). The zero-order chi connectivity index (χ0) is 14.1. The predicted octanol–water partition coefficient (Wildman–Crippen LogP) is 2.96. The van der Waals surface area contributed by atoms with Crippen molar-refractivity contribution in [3.63, 3.8) is 0 Å². The Morgan fingerprint density at radius 3 is 2.80 bits per heavy atom. The molecule has 0 spiro atoms. The number of thiazole rings is 1. The minimum Gasteiger partial charge on any atom is -0.357 e. The van der Waals surface area contributed by atoms with Gasteiger partial charge in [0.2, 0.25) is 0 Å². The second kappa shape index (κ2) is 5.79. The Morgan fingerprint density at radius 1 is 1.35 bits per heavy atom. The second-order valence-corrected chi connectivity index (χ2v) is 6.94. The summed E-state index contributed by atoms with van der Waals surface area (Å²) in [7, 11) is 0. The molecule has 0 bridgehead atoms. The Bertz CT molecular complexity index is 653. The van der Waals surface area contributed by atoms with E-state index in [2.05, 4.69) is 52.5 Å². The summed E-state index contributed by atoms with van der Waals surface area (Å²) in [6.07, 6.45) is 4.30. The molecule has 3 heterocycles. The molecule has 0 radical (unpaired) electrons. The summed E-state index contributed by atoms with van der Waals surface area (Å²) < 4.78 is 1.86. The molecule has 1 aliphatic rings. The van der Waals surface area contributed by atoms with Crippen LogP contribution in [0.2, 0.25) is 0 Å². The van der Waals surface area contributed by atoms with Crippen LogP contribution in [0.4, 0.5) is 5.13 Å². The van der Waals surface area contributed by atoms with Crippen LogP contribution in [-0.2, 0) is 13.0 Å². The van der Waals surface area contributed by atoms with Crippen molar-refractivity contribution in [2.45, 2.75) is 13.0 Å². The Kier molecular flexibility index (Phi) is 4.04. The number of hydrogen-bond donors (Lipinski definition) is 2. The van der Waals surface area contributed by atoms with E-state index in [4.69, 9.17) is 0 Å². The van der Waals surface area contributed by atoms with Gasteiger partial charge in [0.05, 0.1) is 5.69 Å². The molecule has 0 saturated carbocycles. The van der Waals surface area contributed by atoms with Gasteiger partial charge in [-0.3, -0.25) is 9.78 Å². The van der Waals surface area contributed by atoms with Crippen LogP contribution < -0.4 is 10.6 Å². The van der Waals surface area contributed by atoms with Crippen LogP contribution in [-0.4, -0.2) is 22.4 Å². The third-order valence-electron chi connectivity index (χ3n) is 2.92. The molecule has 2 aromatic rings. The van der Waals surface area contributed by atoms with Crippen LogP contribution in [0.3, 0.4) is 0 Å². The van der Waals surface area contributed by atoms with Crippen LogP contribution in [0.15, 0.2) is 21.3 Å². The molecule has 0 saturated heterocycles. The van der Waals surface area contributed by atoms with Gasteiger partial charge in [0.1, 0.15) is 4.88 Å². The van der Waals surface area contributed by atoms with Gasteiger partial charge in [0, 0.05) is 46.4 Å². The van der Waals surface area contributed by atoms with E-state index >= 15 is 0 Å². The highest BCUT2D eigenvalue weighted by atomic mass is 79.9. The molecule has 0 unspecified atom stereocenters. The molecule has 20 heavy (non-hydrogen) atoms. The first-order valence-corrected chi connectivity index (χ1v) is 8.35. The number of nitrogens with one attached hydrogen (secondary N) is 2. The third-order valence-corrected chi connectivity index (χ3v) is 5.34. The SMILES string of the molecule is O=C1NCCc2nc(NCc3c(Br)cncc3Br)sc21. The maximum atomic E-state index is 11.7. The van der Waals surface area contributed by atoms with Gasteiger partial charge >= 0.3 is 0 Å². The molecular formula is C12H10Br2N4OS. The lowest BCUT2D eigenvalue weighted by atomic mass is 10.2. The number of halogens is 2. The van der Waals surface area contributed by atoms with Crippen molar-refractivity contribution in [2.24, 2.45) is 0 Å². The number of anilines is 1. The normalized spacial score (nSPS) is 13.8. The van der Waals surface area contributed by atoms with E-state index in [1.807, 2.05) is 0 Å². The molecule has 0 aliphatic carbocycles. The molecule has 3 rings (SSSR count). The number of carbonyl (C=O) groups excluding carboxylic acids is 1. The van der Waals surface area contributed by atoms with Crippen molar-refractivity contribution in [1.82, 2.24) is 15.3 Å². The highest BCUT2D eigenvalue weighted by molar-refractivity contribution is 9.11. The largest absolute Gasteiger partial charge is 0.357 e. The summed E-state index contributed by atoms with van der Waals surface area (Å²) in [5.74, 6) is -0.0249. The van der Waals surface area contributed by atoms with E-state index in [1.165, 1.54) is 11.3 Å².